The van der Waals surface area contributed by atoms with Gasteiger partial charge in [0.15, 0.2) is 0 Å². The van der Waals surface area contributed by atoms with Crippen LogP contribution in [0.3, 0.4) is 0 Å². The van der Waals surface area contributed by atoms with Crippen LogP contribution >= 0.6 is 0 Å². The van der Waals surface area contributed by atoms with Crippen LogP contribution < -0.4 is 16.4 Å². The molecule has 0 saturated carbocycles. The summed E-state index contributed by atoms with van der Waals surface area (Å²) >= 11 is 0. The van der Waals surface area contributed by atoms with Gasteiger partial charge in [0, 0.05) is 17.9 Å². The van der Waals surface area contributed by atoms with Gasteiger partial charge in [0.2, 0.25) is 5.91 Å². The van der Waals surface area contributed by atoms with Crippen molar-refractivity contribution in [3.8, 4) is 0 Å². The molecule has 0 heterocycles. The van der Waals surface area contributed by atoms with Crippen LogP contribution in [0.2, 0.25) is 0 Å². The van der Waals surface area contributed by atoms with Crippen LogP contribution in [0.15, 0.2) is 18.2 Å². The third-order valence-corrected chi connectivity index (χ3v) is 2.75. The van der Waals surface area contributed by atoms with Crippen LogP contribution in [0, 0.1) is 6.92 Å². The van der Waals surface area contributed by atoms with E-state index in [0.29, 0.717) is 0 Å². The van der Waals surface area contributed by atoms with E-state index in [2.05, 4.69) is 6.92 Å². The molecule has 17 heavy (non-hydrogen) atoms. The van der Waals surface area contributed by atoms with Gasteiger partial charge in [-0.25, -0.2) is 0 Å². The normalized spacial score (nSPS) is 10.2. The molecule has 0 spiro atoms. The zero-order valence-corrected chi connectivity index (χ0v) is 10.6. The number of nitrogens with two attached hydrogens (primary N) is 2. The van der Waals surface area contributed by atoms with Crippen molar-refractivity contribution >= 4 is 17.3 Å². The standard InChI is InChI=1S/C13H21N3O/c1-3-4-7-16(9-13(15)17)11-5-6-12(14)10(2)8-11/h5-6,8H,3-4,7,9,14H2,1-2H3,(H2,15,17). The molecule has 0 saturated heterocycles. The fraction of sp³-hybridized carbons (Fsp3) is 0.462. The molecular weight excluding hydrogens is 214 g/mol. The van der Waals surface area contributed by atoms with Gasteiger partial charge in [0.1, 0.15) is 0 Å². The first-order chi connectivity index (χ1) is 8.04. The summed E-state index contributed by atoms with van der Waals surface area (Å²) in [4.78, 5) is 13.1. The van der Waals surface area contributed by atoms with E-state index in [9.17, 15) is 4.79 Å². The van der Waals surface area contributed by atoms with Gasteiger partial charge in [-0.05, 0) is 37.1 Å². The van der Waals surface area contributed by atoms with Gasteiger partial charge in [-0.2, -0.15) is 0 Å². The Balaban J connectivity index is 2.86. The summed E-state index contributed by atoms with van der Waals surface area (Å²) in [5.41, 5.74) is 13.8. The molecule has 4 N–H and O–H groups in total. The summed E-state index contributed by atoms with van der Waals surface area (Å²) in [5.74, 6) is -0.310. The molecule has 0 bridgehead atoms. The van der Waals surface area contributed by atoms with Crippen molar-refractivity contribution in [2.45, 2.75) is 26.7 Å². The minimum absolute atomic E-state index is 0.253. The topological polar surface area (TPSA) is 72.3 Å². The third kappa shape index (κ3) is 3.98. The summed E-state index contributed by atoms with van der Waals surface area (Å²) in [6, 6.07) is 5.79. The Bertz CT molecular complexity index is 390. The van der Waals surface area contributed by atoms with Crippen molar-refractivity contribution in [3.63, 3.8) is 0 Å². The van der Waals surface area contributed by atoms with E-state index in [1.54, 1.807) is 0 Å². The van der Waals surface area contributed by atoms with E-state index in [4.69, 9.17) is 11.5 Å². The third-order valence-electron chi connectivity index (χ3n) is 2.75. The molecule has 0 aromatic heterocycles. The monoisotopic (exact) mass is 235 g/mol. The van der Waals surface area contributed by atoms with Gasteiger partial charge >= 0.3 is 0 Å². The van der Waals surface area contributed by atoms with Crippen LogP contribution in [0.1, 0.15) is 25.3 Å². The van der Waals surface area contributed by atoms with E-state index < -0.39 is 0 Å². The fourth-order valence-corrected chi connectivity index (χ4v) is 1.69. The van der Waals surface area contributed by atoms with Crippen LogP contribution in [0.4, 0.5) is 11.4 Å². The predicted octanol–water partition coefficient (Wildman–Crippen LogP) is 1.67. The maximum atomic E-state index is 11.1. The van der Waals surface area contributed by atoms with Gasteiger partial charge in [-0.3, -0.25) is 4.79 Å². The predicted molar refractivity (Wildman–Crippen MR) is 71.9 cm³/mol. The highest BCUT2D eigenvalue weighted by molar-refractivity contribution is 5.79. The number of anilines is 2. The summed E-state index contributed by atoms with van der Waals surface area (Å²) < 4.78 is 0. The zero-order chi connectivity index (χ0) is 12.8. The minimum atomic E-state index is -0.310. The Morgan fingerprint density at radius 1 is 1.41 bits per heavy atom. The summed E-state index contributed by atoms with van der Waals surface area (Å²) in [7, 11) is 0. The van der Waals surface area contributed by atoms with Crippen molar-refractivity contribution in [2.24, 2.45) is 5.73 Å². The van der Waals surface area contributed by atoms with Crippen molar-refractivity contribution in [3.05, 3.63) is 23.8 Å². The number of unbranched alkanes of at least 4 members (excludes halogenated alkanes) is 1. The molecule has 1 amide bonds. The maximum Gasteiger partial charge on any atom is 0.236 e. The molecule has 0 aliphatic heterocycles. The largest absolute Gasteiger partial charge is 0.399 e. The number of rotatable bonds is 6. The summed E-state index contributed by atoms with van der Waals surface area (Å²) in [6.07, 6.45) is 2.12. The second-order valence-corrected chi connectivity index (χ2v) is 4.28. The molecule has 94 valence electrons. The average molecular weight is 235 g/mol. The summed E-state index contributed by atoms with van der Waals surface area (Å²) in [5, 5.41) is 0. The van der Waals surface area contributed by atoms with E-state index in [1.807, 2.05) is 30.0 Å². The lowest BCUT2D eigenvalue weighted by molar-refractivity contribution is -0.116. The molecule has 0 radical (unpaired) electrons. The first-order valence-electron chi connectivity index (χ1n) is 5.94. The average Bonchev–Trinajstić information content (AvgIpc) is 2.27. The van der Waals surface area contributed by atoms with E-state index in [0.717, 1.165) is 36.3 Å². The Morgan fingerprint density at radius 3 is 2.65 bits per heavy atom. The highest BCUT2D eigenvalue weighted by atomic mass is 16.1. The van der Waals surface area contributed by atoms with Gasteiger partial charge in [-0.1, -0.05) is 13.3 Å². The quantitative estimate of drug-likeness (QED) is 0.737. The summed E-state index contributed by atoms with van der Waals surface area (Å²) in [6.45, 7) is 5.17. The van der Waals surface area contributed by atoms with Crippen molar-refractivity contribution in [1.82, 2.24) is 0 Å². The number of aryl methyl sites for hydroxylation is 1. The molecule has 0 aliphatic carbocycles. The fourth-order valence-electron chi connectivity index (χ4n) is 1.69. The van der Waals surface area contributed by atoms with Gasteiger partial charge < -0.3 is 16.4 Å². The zero-order valence-electron chi connectivity index (χ0n) is 10.6. The molecule has 4 heteroatoms. The number of nitrogen functional groups attached to an aromatic ring is 1. The molecule has 1 aromatic rings. The van der Waals surface area contributed by atoms with Crippen LogP contribution in [0.25, 0.3) is 0 Å². The molecule has 0 aliphatic rings. The molecule has 0 unspecified atom stereocenters. The van der Waals surface area contributed by atoms with Gasteiger partial charge in [-0.15, -0.1) is 0 Å². The van der Waals surface area contributed by atoms with Gasteiger partial charge in [0.05, 0.1) is 6.54 Å². The second kappa shape index (κ2) is 6.13. The van der Waals surface area contributed by atoms with Crippen molar-refractivity contribution < 1.29 is 4.79 Å². The number of nitrogens with zero attached hydrogens (tertiary/aromatic N) is 1. The highest BCUT2D eigenvalue weighted by Crippen LogP contribution is 2.20. The molecule has 0 fully saturated rings. The number of carbonyl (C=O) groups is 1. The second-order valence-electron chi connectivity index (χ2n) is 4.28. The lowest BCUT2D eigenvalue weighted by Gasteiger charge is -2.23. The van der Waals surface area contributed by atoms with E-state index >= 15 is 0 Å². The Morgan fingerprint density at radius 2 is 2.12 bits per heavy atom. The number of hydrogen-bond acceptors (Lipinski definition) is 3. The van der Waals surface area contributed by atoms with E-state index in [-0.39, 0.29) is 12.5 Å². The van der Waals surface area contributed by atoms with Crippen LogP contribution in [0.5, 0.6) is 0 Å². The van der Waals surface area contributed by atoms with Crippen molar-refractivity contribution in [2.75, 3.05) is 23.7 Å². The molecule has 0 atom stereocenters. The molecule has 1 rings (SSSR count). The Labute approximate surface area is 103 Å². The lowest BCUT2D eigenvalue weighted by Crippen LogP contribution is -2.34. The smallest absolute Gasteiger partial charge is 0.236 e. The van der Waals surface area contributed by atoms with Crippen molar-refractivity contribution in [1.29, 1.82) is 0 Å². The minimum Gasteiger partial charge on any atom is -0.399 e. The lowest BCUT2D eigenvalue weighted by atomic mass is 10.1. The number of amides is 1. The molecule has 4 nitrogen and oxygen atoms in total. The molecular formula is C13H21N3O. The first-order valence-corrected chi connectivity index (χ1v) is 5.94. The molecule has 1 aromatic carbocycles. The van der Waals surface area contributed by atoms with E-state index in [1.165, 1.54) is 0 Å². The highest BCUT2D eigenvalue weighted by Gasteiger charge is 2.09. The Hall–Kier alpha value is -1.71. The number of primary amides is 1. The number of carbonyl (C=O) groups excluding carboxylic acids is 1. The SMILES string of the molecule is CCCCN(CC(N)=O)c1ccc(N)c(C)c1. The Kier molecular flexibility index (Phi) is 4.82. The number of hydrogen-bond donors (Lipinski definition) is 2. The maximum absolute atomic E-state index is 11.1. The van der Waals surface area contributed by atoms with Crippen LogP contribution in [-0.4, -0.2) is 19.0 Å². The van der Waals surface area contributed by atoms with Gasteiger partial charge in [0.25, 0.3) is 0 Å². The van der Waals surface area contributed by atoms with Crippen LogP contribution in [-0.2, 0) is 4.79 Å². The number of benzene rings is 1. The first kappa shape index (κ1) is 13.4.